The normalized spacial score (nSPS) is 8.64. The Hall–Kier alpha value is -0.204. The molecule has 0 spiro atoms. The minimum atomic E-state index is -1.11. The molecule has 0 aliphatic rings. The van der Waals surface area contributed by atoms with E-state index >= 15 is 0 Å². The van der Waals surface area contributed by atoms with Gasteiger partial charge in [0.25, 0.3) is 0 Å². The molecule has 70 valence electrons. The third-order valence-electron chi connectivity index (χ3n) is 1.59. The van der Waals surface area contributed by atoms with Crippen molar-refractivity contribution in [3.8, 4) is 5.75 Å². The van der Waals surface area contributed by atoms with E-state index in [2.05, 4.69) is 0 Å². The van der Waals surface area contributed by atoms with Crippen LogP contribution in [0.4, 0.5) is 0 Å². The number of aldehydes is 1. The third-order valence-corrected chi connectivity index (χ3v) is 1.59. The van der Waals surface area contributed by atoms with E-state index in [0.717, 1.165) is 0 Å². The number of benzene rings is 1. The predicted octanol–water partition coefficient (Wildman–Crippen LogP) is 0.557. The average Bonchev–Trinajstić information content (AvgIpc) is 2.16. The van der Waals surface area contributed by atoms with Crippen molar-refractivity contribution in [3.05, 3.63) is 29.3 Å². The number of hydrogen-bond donors (Lipinski definition) is 1. The summed E-state index contributed by atoms with van der Waals surface area (Å²) in [5.41, 5.74) is 0.310. The van der Waals surface area contributed by atoms with Gasteiger partial charge in [0.2, 0.25) is 0 Å². The Bertz CT molecular complexity index is 349. The fraction of sp³-hybridized carbons (Fsp3) is 0.111. The maximum atomic E-state index is 10.7. The fourth-order valence-electron chi connectivity index (χ4n) is 0.966. The van der Waals surface area contributed by atoms with Gasteiger partial charge in [-0.05, 0) is 18.2 Å². The van der Waals surface area contributed by atoms with Crippen LogP contribution in [0.15, 0.2) is 18.2 Å². The Kier molecular flexibility index (Phi) is 6.22. The molecule has 1 aromatic rings. The summed E-state index contributed by atoms with van der Waals surface area (Å²) in [7, 11) is 1.38. The van der Waals surface area contributed by atoms with Crippen LogP contribution in [0.1, 0.15) is 20.7 Å². The molecular weight excluding hydrogens is 211 g/mol. The minimum absolute atomic E-state index is 0. The fourth-order valence-corrected chi connectivity index (χ4v) is 0.966. The van der Waals surface area contributed by atoms with E-state index in [1.165, 1.54) is 25.3 Å². The summed E-state index contributed by atoms with van der Waals surface area (Å²) in [6, 6.07) is 4.22. The number of aromatic carboxylic acids is 1. The molecule has 0 atom stereocenters. The number of rotatable bonds is 3. The molecule has 0 aromatic heterocycles. The zero-order valence-corrected chi connectivity index (χ0v) is 6.98. The summed E-state index contributed by atoms with van der Waals surface area (Å²) in [5.74, 6) is -0.862. The van der Waals surface area contributed by atoms with Crippen LogP contribution in [0.25, 0.3) is 0 Å². The molecule has 0 amide bonds. The van der Waals surface area contributed by atoms with Gasteiger partial charge in [-0.15, -0.1) is 0 Å². The molecule has 14 heavy (non-hydrogen) atoms. The third kappa shape index (κ3) is 3.18. The number of carboxylic acids is 1. The summed E-state index contributed by atoms with van der Waals surface area (Å²) in [6.45, 7) is 0. The van der Waals surface area contributed by atoms with E-state index in [9.17, 15) is 9.59 Å². The Labute approximate surface area is 124 Å². The van der Waals surface area contributed by atoms with Crippen molar-refractivity contribution in [3.63, 3.8) is 0 Å². The number of methoxy groups -OCH3 is 1. The van der Waals surface area contributed by atoms with Gasteiger partial charge >= 0.3 is 57.4 Å². The number of carbonyl (C=O) groups excluding carboxylic acids is 1. The second-order valence-electron chi connectivity index (χ2n) is 2.38. The van der Waals surface area contributed by atoms with Gasteiger partial charge < -0.3 is 9.84 Å². The summed E-state index contributed by atoms with van der Waals surface area (Å²) in [4.78, 5) is 21.0. The van der Waals surface area contributed by atoms with Crippen LogP contribution in [0.3, 0.4) is 0 Å². The van der Waals surface area contributed by atoms with Gasteiger partial charge in [-0.1, -0.05) is 0 Å². The quantitative estimate of drug-likeness (QED) is 0.597. The molecule has 0 bridgehead atoms. The molecule has 1 aromatic carbocycles. The van der Waals surface area contributed by atoms with Crippen LogP contribution in [0.5, 0.6) is 5.75 Å². The van der Waals surface area contributed by atoms with Crippen molar-refractivity contribution in [2.24, 2.45) is 0 Å². The first-order valence-electron chi connectivity index (χ1n) is 3.55. The van der Waals surface area contributed by atoms with Gasteiger partial charge in [0.15, 0.2) is 0 Å². The summed E-state index contributed by atoms with van der Waals surface area (Å²) in [6.07, 6.45) is 0.589. The first kappa shape index (κ1) is 13.8. The van der Waals surface area contributed by atoms with E-state index in [4.69, 9.17) is 9.84 Å². The first-order chi connectivity index (χ1) is 6.19. The van der Waals surface area contributed by atoms with Crippen LogP contribution < -0.4 is 4.74 Å². The molecule has 0 saturated heterocycles. The number of ether oxygens (including phenoxy) is 1. The Balaban J connectivity index is 0.00000169. The van der Waals surface area contributed by atoms with E-state index in [0.29, 0.717) is 11.8 Å². The summed E-state index contributed by atoms with van der Waals surface area (Å²) in [5, 5.41) is 8.72. The number of carbonyl (C=O) groups is 2. The van der Waals surface area contributed by atoms with E-state index < -0.39 is 5.97 Å². The SMILES string of the molecule is COc1ccc(C=O)cc1C(=O)O.[KH]. The zero-order chi connectivity index (χ0) is 9.84. The van der Waals surface area contributed by atoms with Crippen LogP contribution in [0, 0.1) is 0 Å². The van der Waals surface area contributed by atoms with Gasteiger partial charge in [0.05, 0.1) is 7.11 Å². The van der Waals surface area contributed by atoms with Crippen LogP contribution in [-0.4, -0.2) is 75.9 Å². The van der Waals surface area contributed by atoms with E-state index in [-0.39, 0.29) is 62.7 Å². The molecule has 0 aliphatic carbocycles. The van der Waals surface area contributed by atoms with Crippen LogP contribution in [-0.2, 0) is 0 Å². The van der Waals surface area contributed by atoms with E-state index in [1.54, 1.807) is 0 Å². The van der Waals surface area contributed by atoms with Gasteiger partial charge in [0, 0.05) is 5.56 Å². The van der Waals surface area contributed by atoms with Gasteiger partial charge in [0.1, 0.15) is 17.6 Å². The Morgan fingerprint density at radius 1 is 1.50 bits per heavy atom. The summed E-state index contributed by atoms with van der Waals surface area (Å²) < 4.78 is 4.81. The standard InChI is InChI=1S/C9H8O4.K.H/c1-13-8-3-2-6(5-10)4-7(8)9(11)12;;/h2-5H,1H3,(H,11,12);;. The molecule has 5 heteroatoms. The number of hydrogen-bond acceptors (Lipinski definition) is 3. The van der Waals surface area contributed by atoms with Crippen molar-refractivity contribution in [1.82, 2.24) is 0 Å². The van der Waals surface area contributed by atoms with Crippen molar-refractivity contribution >= 4 is 63.6 Å². The topological polar surface area (TPSA) is 63.6 Å². The molecule has 4 nitrogen and oxygen atoms in total. The molecule has 0 saturated carbocycles. The van der Waals surface area contributed by atoms with Crippen molar-refractivity contribution < 1.29 is 19.4 Å². The monoisotopic (exact) mass is 220 g/mol. The zero-order valence-electron chi connectivity index (χ0n) is 6.98. The Morgan fingerprint density at radius 3 is 2.57 bits per heavy atom. The maximum absolute atomic E-state index is 10.7. The predicted molar refractivity (Wildman–Crippen MR) is 52.5 cm³/mol. The van der Waals surface area contributed by atoms with Crippen LogP contribution in [0.2, 0.25) is 0 Å². The molecule has 0 heterocycles. The van der Waals surface area contributed by atoms with Crippen LogP contribution >= 0.6 is 0 Å². The molecule has 0 unspecified atom stereocenters. The van der Waals surface area contributed by atoms with E-state index in [1.807, 2.05) is 0 Å². The number of carboxylic acid groups (broad SMARTS) is 1. The second kappa shape index (κ2) is 6.31. The molecule has 1 rings (SSSR count). The first-order valence-corrected chi connectivity index (χ1v) is 3.55. The molecule has 0 fully saturated rings. The Morgan fingerprint density at radius 2 is 2.14 bits per heavy atom. The molecular formula is C9H9KO4. The summed E-state index contributed by atoms with van der Waals surface area (Å²) >= 11 is 0. The molecule has 0 radical (unpaired) electrons. The van der Waals surface area contributed by atoms with Crippen molar-refractivity contribution in [2.45, 2.75) is 0 Å². The van der Waals surface area contributed by atoms with Gasteiger partial charge in [-0.25, -0.2) is 4.79 Å². The second-order valence-corrected chi connectivity index (χ2v) is 2.38. The average molecular weight is 220 g/mol. The van der Waals surface area contributed by atoms with Gasteiger partial charge in [-0.2, -0.15) is 0 Å². The molecule has 1 N–H and O–H groups in total. The van der Waals surface area contributed by atoms with Crippen molar-refractivity contribution in [1.29, 1.82) is 0 Å². The molecule has 0 aliphatic heterocycles. The van der Waals surface area contributed by atoms with Crippen molar-refractivity contribution in [2.75, 3.05) is 7.11 Å². The van der Waals surface area contributed by atoms with Gasteiger partial charge in [-0.3, -0.25) is 4.79 Å².